The molecule has 2 rings (SSSR count). The zero-order chi connectivity index (χ0) is 14.5. The highest BCUT2D eigenvalue weighted by molar-refractivity contribution is 6.31. The van der Waals surface area contributed by atoms with Crippen LogP contribution in [-0.2, 0) is 6.54 Å². The fourth-order valence-corrected chi connectivity index (χ4v) is 2.12. The number of hydrogen-bond acceptors (Lipinski definition) is 2. The molecule has 4 heteroatoms. The van der Waals surface area contributed by atoms with Crippen molar-refractivity contribution in [1.82, 2.24) is 9.78 Å². The summed E-state index contributed by atoms with van der Waals surface area (Å²) in [6, 6.07) is 7.96. The molecule has 0 fully saturated rings. The predicted octanol–water partition coefficient (Wildman–Crippen LogP) is 2.94. The van der Waals surface area contributed by atoms with Crippen LogP contribution in [0.2, 0.25) is 5.02 Å². The lowest BCUT2D eigenvalue weighted by atomic mass is 10.1. The normalized spacial score (nSPS) is 10.2. The number of nitrogens with zero attached hydrogens (tertiary/aromatic N) is 2. The molecule has 104 valence electrons. The number of aliphatic hydroxyl groups excluding tert-OH is 1. The summed E-state index contributed by atoms with van der Waals surface area (Å²) < 4.78 is 1.89. The zero-order valence-corrected chi connectivity index (χ0v) is 12.4. The number of aromatic nitrogens is 2. The lowest BCUT2D eigenvalue weighted by Gasteiger charge is -2.07. The molecule has 1 heterocycles. The van der Waals surface area contributed by atoms with Gasteiger partial charge in [-0.2, -0.15) is 5.10 Å². The molecule has 0 radical (unpaired) electrons. The van der Waals surface area contributed by atoms with Crippen LogP contribution in [0.15, 0.2) is 24.3 Å². The van der Waals surface area contributed by atoms with E-state index in [1.165, 1.54) is 0 Å². The van der Waals surface area contributed by atoms with Crippen molar-refractivity contribution >= 4 is 11.6 Å². The third-order valence-electron chi connectivity index (χ3n) is 3.09. The standard InChI is InChI=1S/C16H17ClN2O/c1-12-16(17)13(2)19(18-12)11-15-9-4-3-7-14(15)8-5-6-10-20/h3-4,7,9,20H,6,10-11H2,1-2H3. The van der Waals surface area contributed by atoms with E-state index < -0.39 is 0 Å². The van der Waals surface area contributed by atoms with Gasteiger partial charge < -0.3 is 5.11 Å². The van der Waals surface area contributed by atoms with Crippen LogP contribution in [0.4, 0.5) is 0 Å². The van der Waals surface area contributed by atoms with E-state index in [0.717, 1.165) is 22.5 Å². The first-order valence-corrected chi connectivity index (χ1v) is 6.88. The van der Waals surface area contributed by atoms with E-state index in [2.05, 4.69) is 16.9 Å². The Kier molecular flexibility index (Phi) is 4.84. The van der Waals surface area contributed by atoms with Crippen molar-refractivity contribution in [2.75, 3.05) is 6.61 Å². The molecular formula is C16H17ClN2O. The van der Waals surface area contributed by atoms with E-state index in [4.69, 9.17) is 16.7 Å². The van der Waals surface area contributed by atoms with E-state index >= 15 is 0 Å². The van der Waals surface area contributed by atoms with Crippen molar-refractivity contribution in [2.45, 2.75) is 26.8 Å². The second kappa shape index (κ2) is 6.60. The van der Waals surface area contributed by atoms with Gasteiger partial charge in [0.05, 0.1) is 29.6 Å². The molecule has 0 spiro atoms. The number of hydrogen-bond donors (Lipinski definition) is 1. The highest BCUT2D eigenvalue weighted by Crippen LogP contribution is 2.20. The van der Waals surface area contributed by atoms with E-state index in [1.807, 2.05) is 42.8 Å². The fourth-order valence-electron chi connectivity index (χ4n) is 1.98. The van der Waals surface area contributed by atoms with Gasteiger partial charge >= 0.3 is 0 Å². The fraction of sp³-hybridized carbons (Fsp3) is 0.312. The van der Waals surface area contributed by atoms with Gasteiger partial charge in [-0.1, -0.05) is 41.6 Å². The number of aryl methyl sites for hydroxylation is 1. The molecule has 1 N–H and O–H groups in total. The maximum absolute atomic E-state index is 8.79. The van der Waals surface area contributed by atoms with E-state index in [9.17, 15) is 0 Å². The molecule has 1 aromatic carbocycles. The Morgan fingerprint density at radius 1 is 1.30 bits per heavy atom. The summed E-state index contributed by atoms with van der Waals surface area (Å²) in [7, 11) is 0. The van der Waals surface area contributed by atoms with Crippen LogP contribution in [0.3, 0.4) is 0 Å². The van der Waals surface area contributed by atoms with Crippen LogP contribution in [0, 0.1) is 25.7 Å². The van der Waals surface area contributed by atoms with Gasteiger partial charge in [0.2, 0.25) is 0 Å². The van der Waals surface area contributed by atoms with Crippen molar-refractivity contribution in [1.29, 1.82) is 0 Å². The number of rotatable bonds is 3. The molecule has 3 nitrogen and oxygen atoms in total. The molecule has 0 unspecified atom stereocenters. The Bertz CT molecular complexity index is 665. The van der Waals surface area contributed by atoms with Gasteiger partial charge in [0, 0.05) is 12.0 Å². The first kappa shape index (κ1) is 14.6. The maximum atomic E-state index is 8.79. The van der Waals surface area contributed by atoms with Gasteiger partial charge in [-0.05, 0) is 25.5 Å². The Labute approximate surface area is 124 Å². The molecule has 1 aromatic heterocycles. The quantitative estimate of drug-likeness (QED) is 0.882. The minimum absolute atomic E-state index is 0.0855. The van der Waals surface area contributed by atoms with E-state index in [-0.39, 0.29) is 6.61 Å². The van der Waals surface area contributed by atoms with Crippen LogP contribution >= 0.6 is 11.6 Å². The van der Waals surface area contributed by atoms with Crippen molar-refractivity contribution in [3.63, 3.8) is 0 Å². The first-order valence-electron chi connectivity index (χ1n) is 6.50. The Morgan fingerprint density at radius 3 is 2.70 bits per heavy atom. The van der Waals surface area contributed by atoms with Gasteiger partial charge in [0.1, 0.15) is 0 Å². The molecule has 0 aliphatic heterocycles. The Hall–Kier alpha value is -1.76. The van der Waals surface area contributed by atoms with Gasteiger partial charge in [0.15, 0.2) is 0 Å². The molecule has 0 aliphatic rings. The third kappa shape index (κ3) is 3.22. The van der Waals surface area contributed by atoms with Crippen LogP contribution in [0.1, 0.15) is 28.9 Å². The molecule has 0 amide bonds. The summed E-state index contributed by atoms with van der Waals surface area (Å²) >= 11 is 6.17. The molecule has 0 saturated heterocycles. The second-order valence-corrected chi connectivity index (χ2v) is 4.95. The summed E-state index contributed by atoms with van der Waals surface area (Å²) in [5, 5.41) is 13.9. The lowest BCUT2D eigenvalue weighted by Crippen LogP contribution is -2.05. The number of aliphatic hydroxyl groups is 1. The van der Waals surface area contributed by atoms with Crippen LogP contribution in [-0.4, -0.2) is 21.5 Å². The lowest BCUT2D eigenvalue weighted by molar-refractivity contribution is 0.305. The summed E-state index contributed by atoms with van der Waals surface area (Å²) in [5.41, 5.74) is 3.86. The second-order valence-electron chi connectivity index (χ2n) is 4.57. The summed E-state index contributed by atoms with van der Waals surface area (Å²) in [5.74, 6) is 6.04. The van der Waals surface area contributed by atoms with Crippen LogP contribution in [0.5, 0.6) is 0 Å². The minimum Gasteiger partial charge on any atom is -0.395 e. The van der Waals surface area contributed by atoms with Crippen molar-refractivity contribution in [3.05, 3.63) is 51.8 Å². The highest BCUT2D eigenvalue weighted by atomic mass is 35.5. The highest BCUT2D eigenvalue weighted by Gasteiger charge is 2.10. The largest absolute Gasteiger partial charge is 0.395 e. The third-order valence-corrected chi connectivity index (χ3v) is 3.64. The van der Waals surface area contributed by atoms with Crippen LogP contribution < -0.4 is 0 Å². The molecule has 0 atom stereocenters. The summed E-state index contributed by atoms with van der Waals surface area (Å²) in [4.78, 5) is 0. The number of halogens is 1. The van der Waals surface area contributed by atoms with Gasteiger partial charge in [-0.3, -0.25) is 4.68 Å². The van der Waals surface area contributed by atoms with Gasteiger partial charge in [-0.15, -0.1) is 0 Å². The van der Waals surface area contributed by atoms with Gasteiger partial charge in [-0.25, -0.2) is 0 Å². The minimum atomic E-state index is 0.0855. The summed E-state index contributed by atoms with van der Waals surface area (Å²) in [6.07, 6.45) is 0.486. The average molecular weight is 289 g/mol. The number of benzene rings is 1. The molecule has 0 bridgehead atoms. The van der Waals surface area contributed by atoms with Crippen molar-refractivity contribution in [3.8, 4) is 11.8 Å². The summed E-state index contributed by atoms with van der Waals surface area (Å²) in [6.45, 7) is 4.59. The monoisotopic (exact) mass is 288 g/mol. The molecule has 0 aliphatic carbocycles. The van der Waals surface area contributed by atoms with Gasteiger partial charge in [0.25, 0.3) is 0 Å². The Balaban J connectivity index is 2.30. The topological polar surface area (TPSA) is 38.0 Å². The molecule has 0 saturated carbocycles. The van der Waals surface area contributed by atoms with E-state index in [1.54, 1.807) is 0 Å². The maximum Gasteiger partial charge on any atom is 0.0844 e. The zero-order valence-electron chi connectivity index (χ0n) is 11.7. The van der Waals surface area contributed by atoms with E-state index in [0.29, 0.717) is 18.0 Å². The average Bonchev–Trinajstić information content (AvgIpc) is 2.68. The first-order chi connectivity index (χ1) is 9.63. The Morgan fingerprint density at radius 2 is 2.05 bits per heavy atom. The van der Waals surface area contributed by atoms with Crippen LogP contribution in [0.25, 0.3) is 0 Å². The SMILES string of the molecule is Cc1nn(Cc2ccccc2C#CCCO)c(C)c1Cl. The van der Waals surface area contributed by atoms with Crippen molar-refractivity contribution in [2.24, 2.45) is 0 Å². The molecule has 2 aromatic rings. The predicted molar refractivity (Wildman–Crippen MR) is 80.8 cm³/mol. The molecular weight excluding hydrogens is 272 g/mol. The van der Waals surface area contributed by atoms with Crippen molar-refractivity contribution < 1.29 is 5.11 Å². The molecule has 20 heavy (non-hydrogen) atoms. The smallest absolute Gasteiger partial charge is 0.0844 e.